The minimum atomic E-state index is -0.647. The summed E-state index contributed by atoms with van der Waals surface area (Å²) in [5.74, 6) is 0.213. The van der Waals surface area contributed by atoms with Crippen molar-refractivity contribution in [3.63, 3.8) is 0 Å². The first-order valence-corrected chi connectivity index (χ1v) is 9.48. The normalized spacial score (nSPS) is 10.6. The average Bonchev–Trinajstić information content (AvgIpc) is 3.26. The number of methoxy groups -OCH3 is 2. The molecule has 0 saturated carbocycles. The van der Waals surface area contributed by atoms with E-state index in [1.807, 2.05) is 18.2 Å². The van der Waals surface area contributed by atoms with Crippen LogP contribution in [-0.2, 0) is 4.74 Å². The highest BCUT2D eigenvalue weighted by Crippen LogP contribution is 2.29. The maximum absolute atomic E-state index is 12.7. The summed E-state index contributed by atoms with van der Waals surface area (Å²) >= 11 is 0. The highest BCUT2D eigenvalue weighted by molar-refractivity contribution is 6.01. The van der Waals surface area contributed by atoms with E-state index in [1.54, 1.807) is 48.5 Å². The van der Waals surface area contributed by atoms with Crippen LogP contribution in [0.5, 0.6) is 11.5 Å². The van der Waals surface area contributed by atoms with Gasteiger partial charge >= 0.3 is 5.97 Å². The minimum absolute atomic E-state index is 0.258. The van der Waals surface area contributed by atoms with Crippen LogP contribution >= 0.6 is 0 Å². The lowest BCUT2D eigenvalue weighted by atomic mass is 10.1. The van der Waals surface area contributed by atoms with Gasteiger partial charge < -0.3 is 18.6 Å². The number of carbonyl (C=O) groups excluding carboxylic acids is 2. The first kappa shape index (κ1) is 20.2. The number of hydrogen-bond acceptors (Lipinski definition) is 7. The molecule has 0 amide bonds. The SMILES string of the molecule is COc1ccc(C(=O)COC(=O)c2ccccc2-c2nc3ccccc3o2)cc1OC. The number of Topliss-reactive ketones (excluding diaryl/α,β-unsaturated/α-hetero) is 1. The van der Waals surface area contributed by atoms with Crippen LogP contribution in [-0.4, -0.2) is 37.6 Å². The second-order valence-corrected chi connectivity index (χ2v) is 6.60. The van der Waals surface area contributed by atoms with E-state index in [1.165, 1.54) is 14.2 Å². The Morgan fingerprint density at radius 1 is 0.903 bits per heavy atom. The predicted octanol–water partition coefficient (Wildman–Crippen LogP) is 4.55. The van der Waals surface area contributed by atoms with Gasteiger partial charge in [0.15, 0.2) is 29.5 Å². The molecule has 0 saturated heterocycles. The quantitative estimate of drug-likeness (QED) is 0.322. The Hall–Kier alpha value is -4.13. The van der Waals surface area contributed by atoms with Gasteiger partial charge in [-0.25, -0.2) is 9.78 Å². The Morgan fingerprint density at radius 2 is 1.65 bits per heavy atom. The van der Waals surface area contributed by atoms with E-state index >= 15 is 0 Å². The number of nitrogens with zero attached hydrogens (tertiary/aromatic N) is 1. The van der Waals surface area contributed by atoms with Gasteiger partial charge in [-0.05, 0) is 42.5 Å². The van der Waals surface area contributed by atoms with E-state index in [9.17, 15) is 9.59 Å². The van der Waals surface area contributed by atoms with Crippen molar-refractivity contribution in [2.75, 3.05) is 20.8 Å². The zero-order valence-electron chi connectivity index (χ0n) is 17.0. The molecule has 7 heteroatoms. The van der Waals surface area contributed by atoms with Crippen LogP contribution in [0, 0.1) is 0 Å². The summed E-state index contributed by atoms with van der Waals surface area (Å²) in [6.45, 7) is -0.420. The molecule has 1 aromatic heterocycles. The van der Waals surface area contributed by atoms with E-state index in [0.717, 1.165) is 0 Å². The topological polar surface area (TPSA) is 87.9 Å². The van der Waals surface area contributed by atoms with Crippen LogP contribution in [0.1, 0.15) is 20.7 Å². The van der Waals surface area contributed by atoms with Crippen LogP contribution in [0.4, 0.5) is 0 Å². The second-order valence-electron chi connectivity index (χ2n) is 6.60. The molecule has 0 N–H and O–H groups in total. The molecule has 31 heavy (non-hydrogen) atoms. The number of aromatic nitrogens is 1. The monoisotopic (exact) mass is 417 g/mol. The van der Waals surface area contributed by atoms with Crippen LogP contribution in [0.3, 0.4) is 0 Å². The Balaban J connectivity index is 1.53. The summed E-state index contributed by atoms with van der Waals surface area (Å²) in [6, 6.07) is 18.9. The first-order valence-electron chi connectivity index (χ1n) is 9.48. The zero-order valence-corrected chi connectivity index (χ0v) is 17.0. The Bertz CT molecular complexity index is 1230. The van der Waals surface area contributed by atoms with E-state index in [0.29, 0.717) is 39.6 Å². The molecule has 0 radical (unpaired) electrons. The van der Waals surface area contributed by atoms with Crippen molar-refractivity contribution in [3.05, 3.63) is 77.9 Å². The van der Waals surface area contributed by atoms with Crippen LogP contribution in [0.2, 0.25) is 0 Å². The summed E-state index contributed by atoms with van der Waals surface area (Å²) in [5, 5.41) is 0. The molecule has 156 valence electrons. The first-order chi connectivity index (χ1) is 15.1. The standard InChI is InChI=1S/C24H19NO6/c1-28-21-12-11-15(13-22(21)29-2)19(26)14-30-24(27)17-8-4-3-7-16(17)23-25-18-9-5-6-10-20(18)31-23/h3-13H,14H2,1-2H3. The zero-order chi connectivity index (χ0) is 21.8. The maximum Gasteiger partial charge on any atom is 0.339 e. The van der Waals surface area contributed by atoms with E-state index < -0.39 is 12.6 Å². The van der Waals surface area contributed by atoms with Crippen molar-refractivity contribution in [2.24, 2.45) is 0 Å². The van der Waals surface area contributed by atoms with E-state index in [2.05, 4.69) is 4.98 Å². The van der Waals surface area contributed by atoms with Gasteiger partial charge in [0, 0.05) is 5.56 Å². The third-order valence-electron chi connectivity index (χ3n) is 4.71. The van der Waals surface area contributed by atoms with Crippen LogP contribution in [0.15, 0.2) is 71.1 Å². The molecule has 0 aliphatic heterocycles. The van der Waals surface area contributed by atoms with Gasteiger partial charge in [0.2, 0.25) is 5.89 Å². The third kappa shape index (κ3) is 4.11. The number of carbonyl (C=O) groups is 2. The molecule has 0 unspecified atom stereocenters. The number of ketones is 1. The highest BCUT2D eigenvalue weighted by Gasteiger charge is 2.20. The molecule has 1 heterocycles. The summed E-state index contributed by atoms with van der Waals surface area (Å²) in [6.07, 6.45) is 0. The van der Waals surface area contributed by atoms with Gasteiger partial charge in [0.1, 0.15) is 5.52 Å². The van der Waals surface area contributed by atoms with Crippen LogP contribution in [0.25, 0.3) is 22.6 Å². The molecule has 0 atom stereocenters. The summed E-state index contributed by atoms with van der Waals surface area (Å²) in [4.78, 5) is 29.7. The van der Waals surface area contributed by atoms with Gasteiger partial charge in [-0.3, -0.25) is 4.79 Å². The van der Waals surface area contributed by atoms with Gasteiger partial charge in [-0.15, -0.1) is 0 Å². The van der Waals surface area contributed by atoms with Crippen molar-refractivity contribution >= 4 is 22.9 Å². The molecule has 4 aromatic rings. The Labute approximate surface area is 178 Å². The number of fused-ring (bicyclic) bond motifs is 1. The molecule has 0 aliphatic carbocycles. The number of hydrogen-bond donors (Lipinski definition) is 0. The summed E-state index contributed by atoms with van der Waals surface area (Å²) < 4.78 is 21.4. The second kappa shape index (κ2) is 8.71. The molecule has 7 nitrogen and oxygen atoms in total. The van der Waals surface area contributed by atoms with Crippen molar-refractivity contribution < 1.29 is 28.2 Å². The number of para-hydroxylation sites is 2. The lowest BCUT2D eigenvalue weighted by Crippen LogP contribution is -2.15. The maximum atomic E-state index is 12.7. The molecule has 0 bridgehead atoms. The van der Waals surface area contributed by atoms with Crippen molar-refractivity contribution in [3.8, 4) is 23.0 Å². The summed E-state index contributed by atoms with van der Waals surface area (Å²) in [5.41, 5.74) is 2.39. The molecule has 0 aliphatic rings. The predicted molar refractivity (Wildman–Crippen MR) is 114 cm³/mol. The number of rotatable bonds is 7. The molecule has 0 spiro atoms. The molecule has 0 fully saturated rings. The lowest BCUT2D eigenvalue weighted by molar-refractivity contribution is 0.0475. The van der Waals surface area contributed by atoms with Gasteiger partial charge in [0.25, 0.3) is 0 Å². The highest BCUT2D eigenvalue weighted by atomic mass is 16.5. The van der Waals surface area contributed by atoms with Crippen molar-refractivity contribution in [1.82, 2.24) is 4.98 Å². The number of benzene rings is 3. The number of esters is 1. The third-order valence-corrected chi connectivity index (χ3v) is 4.71. The van der Waals surface area contributed by atoms with Crippen molar-refractivity contribution in [1.29, 1.82) is 0 Å². The molecular weight excluding hydrogens is 398 g/mol. The molecular formula is C24H19NO6. The minimum Gasteiger partial charge on any atom is -0.493 e. The van der Waals surface area contributed by atoms with Gasteiger partial charge in [0.05, 0.1) is 25.3 Å². The average molecular weight is 417 g/mol. The smallest absolute Gasteiger partial charge is 0.339 e. The van der Waals surface area contributed by atoms with Crippen molar-refractivity contribution in [2.45, 2.75) is 0 Å². The molecule has 3 aromatic carbocycles. The fourth-order valence-corrected chi connectivity index (χ4v) is 3.14. The molecule has 4 rings (SSSR count). The summed E-state index contributed by atoms with van der Waals surface area (Å²) in [7, 11) is 2.99. The van der Waals surface area contributed by atoms with E-state index in [4.69, 9.17) is 18.6 Å². The van der Waals surface area contributed by atoms with Gasteiger partial charge in [-0.2, -0.15) is 0 Å². The number of oxazole rings is 1. The van der Waals surface area contributed by atoms with Crippen LogP contribution < -0.4 is 9.47 Å². The fourth-order valence-electron chi connectivity index (χ4n) is 3.14. The van der Waals surface area contributed by atoms with Gasteiger partial charge in [-0.1, -0.05) is 24.3 Å². The number of ether oxygens (including phenoxy) is 3. The fraction of sp³-hybridized carbons (Fsp3) is 0.125. The lowest BCUT2D eigenvalue weighted by Gasteiger charge is -2.10. The Kier molecular flexibility index (Phi) is 5.66. The Morgan fingerprint density at radius 3 is 2.42 bits per heavy atom. The van der Waals surface area contributed by atoms with E-state index in [-0.39, 0.29) is 11.3 Å². The largest absolute Gasteiger partial charge is 0.493 e.